The molecule has 6 heteroatoms. The highest BCUT2D eigenvalue weighted by Crippen LogP contribution is 2.07. The topological polar surface area (TPSA) is 103 Å². The van der Waals surface area contributed by atoms with Gasteiger partial charge in [0.25, 0.3) is 0 Å². The maximum absolute atomic E-state index is 5.72. The number of pyridine rings is 2. The maximum Gasteiger partial charge on any atom is 0.168 e. The fourth-order valence-electron chi connectivity index (χ4n) is 1.20. The monoisotopic (exact) mass is 240 g/mol. The van der Waals surface area contributed by atoms with Gasteiger partial charge in [-0.3, -0.25) is 0 Å². The highest BCUT2D eigenvalue weighted by Gasteiger charge is 2.01. The summed E-state index contributed by atoms with van der Waals surface area (Å²) >= 11 is 0. The smallest absolute Gasteiger partial charge is 0.168 e. The number of hydrogen-bond acceptors (Lipinski definition) is 4. The fraction of sp³-hybridized carbons (Fsp3) is 0. The molecule has 0 aliphatic carbocycles. The van der Waals surface area contributed by atoms with Gasteiger partial charge in [-0.05, 0) is 24.3 Å². The van der Waals surface area contributed by atoms with Crippen molar-refractivity contribution < 1.29 is 0 Å². The zero-order chi connectivity index (χ0) is 12.8. The van der Waals surface area contributed by atoms with Crippen molar-refractivity contribution in [1.82, 2.24) is 9.97 Å². The minimum absolute atomic E-state index is 0.111. The number of aromatic nitrogens is 2. The number of nitrogens with two attached hydrogens (primary N) is 2. The Hall–Kier alpha value is -2.76. The standard InChI is InChI=1S/C12H12N6/c13-11(17-9-5-1-3-7-15-9)12(14)18-10-6-2-4-8-16-10/h1-8H,(H2,13,15,17)(H2,14,16,18). The van der Waals surface area contributed by atoms with Gasteiger partial charge in [-0.25, -0.2) is 20.0 Å². The van der Waals surface area contributed by atoms with Crippen LogP contribution in [0.3, 0.4) is 0 Å². The van der Waals surface area contributed by atoms with Gasteiger partial charge in [0, 0.05) is 12.4 Å². The van der Waals surface area contributed by atoms with Gasteiger partial charge < -0.3 is 11.5 Å². The molecule has 2 heterocycles. The first-order chi connectivity index (χ1) is 8.75. The van der Waals surface area contributed by atoms with Crippen LogP contribution in [0.5, 0.6) is 0 Å². The molecule has 0 amide bonds. The van der Waals surface area contributed by atoms with E-state index in [2.05, 4.69) is 20.0 Å². The third kappa shape index (κ3) is 3.11. The van der Waals surface area contributed by atoms with Crippen LogP contribution in [0.15, 0.2) is 58.8 Å². The van der Waals surface area contributed by atoms with Crippen LogP contribution in [0.1, 0.15) is 0 Å². The molecule has 18 heavy (non-hydrogen) atoms. The van der Waals surface area contributed by atoms with E-state index in [0.29, 0.717) is 11.6 Å². The Kier molecular flexibility index (Phi) is 3.60. The van der Waals surface area contributed by atoms with Crippen LogP contribution in [0, 0.1) is 0 Å². The number of amidine groups is 2. The predicted molar refractivity (Wildman–Crippen MR) is 71.0 cm³/mol. The molecule has 0 saturated heterocycles. The predicted octanol–water partition coefficient (Wildman–Crippen LogP) is 1.15. The number of nitrogens with zero attached hydrogens (tertiary/aromatic N) is 4. The Morgan fingerprint density at radius 1 is 0.778 bits per heavy atom. The number of rotatable bonds is 2. The highest BCUT2D eigenvalue weighted by molar-refractivity contribution is 6.40. The minimum atomic E-state index is 0.111. The zero-order valence-corrected chi connectivity index (χ0v) is 9.56. The maximum atomic E-state index is 5.72. The second kappa shape index (κ2) is 5.53. The van der Waals surface area contributed by atoms with E-state index in [9.17, 15) is 0 Å². The van der Waals surface area contributed by atoms with Crippen molar-refractivity contribution in [2.45, 2.75) is 0 Å². The average Bonchev–Trinajstić information content (AvgIpc) is 2.41. The van der Waals surface area contributed by atoms with Crippen LogP contribution >= 0.6 is 0 Å². The van der Waals surface area contributed by atoms with E-state index in [1.807, 2.05) is 12.1 Å². The molecular formula is C12H12N6. The summed E-state index contributed by atoms with van der Waals surface area (Å²) in [5.74, 6) is 1.18. The summed E-state index contributed by atoms with van der Waals surface area (Å²) < 4.78 is 0. The van der Waals surface area contributed by atoms with Crippen LogP contribution in [0.4, 0.5) is 11.6 Å². The fourth-order valence-corrected chi connectivity index (χ4v) is 1.20. The number of aliphatic imine (C=N–C) groups is 2. The summed E-state index contributed by atoms with van der Waals surface area (Å²) in [5, 5.41) is 0. The highest BCUT2D eigenvalue weighted by atomic mass is 15.0. The second-order valence-electron chi connectivity index (χ2n) is 3.37. The lowest BCUT2D eigenvalue weighted by molar-refractivity contribution is 1.26. The van der Waals surface area contributed by atoms with Crippen molar-refractivity contribution in [2.24, 2.45) is 21.5 Å². The molecular weight excluding hydrogens is 228 g/mol. The normalized spacial score (nSPS) is 12.4. The largest absolute Gasteiger partial charge is 0.381 e. The zero-order valence-electron chi connectivity index (χ0n) is 9.56. The van der Waals surface area contributed by atoms with Gasteiger partial charge in [0.1, 0.15) is 0 Å². The molecule has 0 unspecified atom stereocenters. The van der Waals surface area contributed by atoms with Crippen LogP contribution in [-0.2, 0) is 0 Å². The van der Waals surface area contributed by atoms with Gasteiger partial charge in [-0.15, -0.1) is 0 Å². The van der Waals surface area contributed by atoms with Crippen molar-refractivity contribution in [3.63, 3.8) is 0 Å². The molecule has 0 fully saturated rings. The van der Waals surface area contributed by atoms with Crippen molar-refractivity contribution >= 4 is 23.3 Å². The summed E-state index contributed by atoms with van der Waals surface area (Å²) in [7, 11) is 0. The lowest BCUT2D eigenvalue weighted by Gasteiger charge is -1.99. The first kappa shape index (κ1) is 11.7. The van der Waals surface area contributed by atoms with E-state index in [1.54, 1.807) is 36.7 Å². The third-order valence-corrected chi connectivity index (χ3v) is 2.03. The molecule has 2 rings (SSSR count). The van der Waals surface area contributed by atoms with E-state index in [1.165, 1.54) is 0 Å². The van der Waals surface area contributed by atoms with E-state index in [-0.39, 0.29) is 11.7 Å². The lowest BCUT2D eigenvalue weighted by Crippen LogP contribution is -2.30. The van der Waals surface area contributed by atoms with E-state index < -0.39 is 0 Å². The Bertz CT molecular complexity index is 508. The summed E-state index contributed by atoms with van der Waals surface area (Å²) in [4.78, 5) is 16.1. The van der Waals surface area contributed by atoms with E-state index >= 15 is 0 Å². The van der Waals surface area contributed by atoms with Gasteiger partial charge >= 0.3 is 0 Å². The quantitative estimate of drug-likeness (QED) is 0.607. The van der Waals surface area contributed by atoms with Crippen LogP contribution in [-0.4, -0.2) is 21.6 Å². The first-order valence-corrected chi connectivity index (χ1v) is 5.26. The van der Waals surface area contributed by atoms with Crippen LogP contribution in [0.25, 0.3) is 0 Å². The average molecular weight is 240 g/mol. The van der Waals surface area contributed by atoms with Crippen molar-refractivity contribution in [3.05, 3.63) is 48.8 Å². The third-order valence-electron chi connectivity index (χ3n) is 2.03. The van der Waals surface area contributed by atoms with Gasteiger partial charge in [-0.2, -0.15) is 0 Å². The van der Waals surface area contributed by atoms with Crippen molar-refractivity contribution in [1.29, 1.82) is 0 Å². The molecule has 0 radical (unpaired) electrons. The molecule has 2 aromatic rings. The molecule has 0 spiro atoms. The molecule has 0 atom stereocenters. The van der Waals surface area contributed by atoms with Crippen LogP contribution < -0.4 is 11.5 Å². The molecule has 0 bridgehead atoms. The van der Waals surface area contributed by atoms with Gasteiger partial charge in [0.2, 0.25) is 0 Å². The SMILES string of the molecule is NC(=Nc1ccccn1)C(N)=Nc1ccccn1. The molecule has 0 aliphatic rings. The second-order valence-corrected chi connectivity index (χ2v) is 3.37. The molecule has 90 valence electrons. The Balaban J connectivity index is 2.21. The minimum Gasteiger partial charge on any atom is -0.381 e. The van der Waals surface area contributed by atoms with Gasteiger partial charge in [-0.1, -0.05) is 12.1 Å². The summed E-state index contributed by atoms with van der Waals surface area (Å²) in [5.41, 5.74) is 11.4. The van der Waals surface area contributed by atoms with Gasteiger partial charge in [0.15, 0.2) is 23.3 Å². The van der Waals surface area contributed by atoms with Gasteiger partial charge in [0.05, 0.1) is 0 Å². The summed E-state index contributed by atoms with van der Waals surface area (Å²) in [6.07, 6.45) is 3.25. The summed E-state index contributed by atoms with van der Waals surface area (Å²) in [6.45, 7) is 0. The van der Waals surface area contributed by atoms with E-state index in [0.717, 1.165) is 0 Å². The van der Waals surface area contributed by atoms with E-state index in [4.69, 9.17) is 11.5 Å². The lowest BCUT2D eigenvalue weighted by atomic mass is 10.4. The Morgan fingerprint density at radius 2 is 1.22 bits per heavy atom. The number of hydrogen-bond donors (Lipinski definition) is 2. The molecule has 0 aromatic carbocycles. The Morgan fingerprint density at radius 3 is 1.56 bits per heavy atom. The van der Waals surface area contributed by atoms with Crippen LogP contribution in [0.2, 0.25) is 0 Å². The molecule has 0 saturated carbocycles. The molecule has 2 aromatic heterocycles. The molecule has 6 nitrogen and oxygen atoms in total. The van der Waals surface area contributed by atoms with Crippen molar-refractivity contribution in [3.8, 4) is 0 Å². The first-order valence-electron chi connectivity index (χ1n) is 5.26. The summed E-state index contributed by atoms with van der Waals surface area (Å²) in [6, 6.07) is 10.7. The van der Waals surface area contributed by atoms with Crippen molar-refractivity contribution in [2.75, 3.05) is 0 Å². The molecule has 0 aliphatic heterocycles. The molecule has 4 N–H and O–H groups in total. The Labute approximate surface area is 104 Å².